The summed E-state index contributed by atoms with van der Waals surface area (Å²) in [5, 5.41) is 4.48. The topological polar surface area (TPSA) is 53.1 Å². The first-order valence-corrected chi connectivity index (χ1v) is 6.37. The van der Waals surface area contributed by atoms with Crippen molar-refractivity contribution in [3.05, 3.63) is 34.6 Å². The molecule has 0 fully saturated rings. The van der Waals surface area contributed by atoms with Crippen LogP contribution in [0.4, 0.5) is 0 Å². The van der Waals surface area contributed by atoms with Crippen LogP contribution in [0.3, 0.4) is 0 Å². The van der Waals surface area contributed by atoms with Crippen LogP contribution in [-0.2, 0) is 13.6 Å². The van der Waals surface area contributed by atoms with E-state index in [1.807, 2.05) is 18.7 Å². The number of aromatic nitrogens is 2. The second-order valence-corrected chi connectivity index (χ2v) is 4.89. The molecule has 2 N–H and O–H groups in total. The van der Waals surface area contributed by atoms with E-state index in [1.54, 1.807) is 7.11 Å². The van der Waals surface area contributed by atoms with E-state index < -0.39 is 0 Å². The second-order valence-electron chi connectivity index (χ2n) is 4.89. The summed E-state index contributed by atoms with van der Waals surface area (Å²) in [6, 6.07) is 4.21. The van der Waals surface area contributed by atoms with Gasteiger partial charge in [0.25, 0.3) is 0 Å². The molecule has 0 radical (unpaired) electrons. The van der Waals surface area contributed by atoms with Gasteiger partial charge in [0, 0.05) is 24.7 Å². The van der Waals surface area contributed by atoms with E-state index in [-0.39, 0.29) is 0 Å². The van der Waals surface area contributed by atoms with Crippen molar-refractivity contribution in [3.63, 3.8) is 0 Å². The van der Waals surface area contributed by atoms with Gasteiger partial charge in [0.1, 0.15) is 5.75 Å². The minimum absolute atomic E-state index is 0.461. The van der Waals surface area contributed by atoms with E-state index in [0.717, 1.165) is 28.3 Å². The van der Waals surface area contributed by atoms with Gasteiger partial charge in [-0.2, -0.15) is 5.10 Å². The van der Waals surface area contributed by atoms with Gasteiger partial charge in [-0.3, -0.25) is 4.68 Å². The van der Waals surface area contributed by atoms with Crippen molar-refractivity contribution in [1.29, 1.82) is 0 Å². The van der Waals surface area contributed by atoms with E-state index >= 15 is 0 Å². The van der Waals surface area contributed by atoms with Gasteiger partial charge in [-0.15, -0.1) is 0 Å². The van der Waals surface area contributed by atoms with Gasteiger partial charge in [-0.05, 0) is 38.0 Å². The molecule has 0 atom stereocenters. The van der Waals surface area contributed by atoms with E-state index in [0.29, 0.717) is 6.54 Å². The first-order chi connectivity index (χ1) is 8.99. The number of rotatable bonds is 3. The Morgan fingerprint density at radius 1 is 1.21 bits per heavy atom. The molecule has 2 aromatic rings. The summed E-state index contributed by atoms with van der Waals surface area (Å²) in [5.74, 6) is 0.878. The molecule has 19 heavy (non-hydrogen) atoms. The first kappa shape index (κ1) is 13.6. The van der Waals surface area contributed by atoms with Crippen molar-refractivity contribution in [1.82, 2.24) is 9.78 Å². The predicted molar refractivity (Wildman–Crippen MR) is 77.3 cm³/mol. The third-order valence-corrected chi connectivity index (χ3v) is 3.45. The van der Waals surface area contributed by atoms with Crippen LogP contribution in [0.1, 0.15) is 22.5 Å². The van der Waals surface area contributed by atoms with Crippen LogP contribution in [0.2, 0.25) is 0 Å². The highest BCUT2D eigenvalue weighted by Crippen LogP contribution is 2.37. The highest BCUT2D eigenvalue weighted by atomic mass is 16.5. The van der Waals surface area contributed by atoms with Crippen molar-refractivity contribution in [2.75, 3.05) is 7.11 Å². The lowest BCUT2D eigenvalue weighted by Gasteiger charge is -2.14. The number of ether oxygens (including phenoxy) is 1. The molecule has 0 unspecified atom stereocenters. The number of nitrogens with zero attached hydrogens (tertiary/aromatic N) is 2. The number of benzene rings is 1. The lowest BCUT2D eigenvalue weighted by atomic mass is 9.95. The summed E-state index contributed by atoms with van der Waals surface area (Å²) >= 11 is 0. The molecule has 0 aliphatic rings. The maximum absolute atomic E-state index is 5.87. The molecule has 0 aliphatic heterocycles. The van der Waals surface area contributed by atoms with Crippen LogP contribution in [0, 0.1) is 20.8 Å². The highest BCUT2D eigenvalue weighted by Gasteiger charge is 2.19. The molecule has 0 spiro atoms. The summed E-state index contributed by atoms with van der Waals surface area (Å²) < 4.78 is 7.40. The lowest BCUT2D eigenvalue weighted by molar-refractivity contribution is 0.416. The van der Waals surface area contributed by atoms with Crippen LogP contribution in [-0.4, -0.2) is 16.9 Å². The van der Waals surface area contributed by atoms with Crippen molar-refractivity contribution >= 4 is 0 Å². The predicted octanol–water partition coefficient (Wildman–Crippen LogP) is 2.48. The number of hydrogen-bond donors (Lipinski definition) is 1. The summed E-state index contributed by atoms with van der Waals surface area (Å²) in [5.41, 5.74) is 12.4. The monoisotopic (exact) mass is 259 g/mol. The molecule has 1 heterocycles. The Kier molecular flexibility index (Phi) is 3.62. The Bertz CT molecular complexity index is 614. The van der Waals surface area contributed by atoms with Crippen molar-refractivity contribution in [2.24, 2.45) is 12.8 Å². The molecular weight excluding hydrogens is 238 g/mol. The summed E-state index contributed by atoms with van der Waals surface area (Å²) in [6.07, 6.45) is 0. The fourth-order valence-corrected chi connectivity index (χ4v) is 2.68. The highest BCUT2D eigenvalue weighted by molar-refractivity contribution is 5.78. The SMILES string of the molecule is COc1cc(C)cc(C)c1-c1c(C)nn(C)c1CN. The van der Waals surface area contributed by atoms with E-state index in [4.69, 9.17) is 10.5 Å². The Hall–Kier alpha value is -1.81. The lowest BCUT2D eigenvalue weighted by Crippen LogP contribution is -2.06. The van der Waals surface area contributed by atoms with Crippen molar-refractivity contribution in [2.45, 2.75) is 27.3 Å². The Morgan fingerprint density at radius 2 is 1.89 bits per heavy atom. The zero-order chi connectivity index (χ0) is 14.2. The molecule has 0 amide bonds. The molecule has 2 rings (SSSR count). The van der Waals surface area contributed by atoms with Crippen LogP contribution >= 0.6 is 0 Å². The Morgan fingerprint density at radius 3 is 2.47 bits per heavy atom. The molecule has 0 saturated carbocycles. The van der Waals surface area contributed by atoms with Gasteiger partial charge in [-0.1, -0.05) is 6.07 Å². The molecular formula is C15H21N3O. The smallest absolute Gasteiger partial charge is 0.127 e. The maximum atomic E-state index is 5.87. The molecule has 4 heteroatoms. The third-order valence-electron chi connectivity index (χ3n) is 3.45. The zero-order valence-electron chi connectivity index (χ0n) is 12.2. The Balaban J connectivity index is 2.78. The molecule has 0 aliphatic carbocycles. The molecule has 4 nitrogen and oxygen atoms in total. The van der Waals surface area contributed by atoms with Gasteiger partial charge >= 0.3 is 0 Å². The number of methoxy groups -OCH3 is 1. The van der Waals surface area contributed by atoms with E-state index in [2.05, 4.69) is 31.1 Å². The molecule has 102 valence electrons. The Labute approximate surface area is 114 Å². The van der Waals surface area contributed by atoms with Gasteiger partial charge in [0.05, 0.1) is 18.5 Å². The third kappa shape index (κ3) is 2.24. The van der Waals surface area contributed by atoms with E-state index in [1.165, 1.54) is 11.1 Å². The quantitative estimate of drug-likeness (QED) is 0.921. The fraction of sp³-hybridized carbons (Fsp3) is 0.400. The summed E-state index contributed by atoms with van der Waals surface area (Å²) in [4.78, 5) is 0. The maximum Gasteiger partial charge on any atom is 0.127 e. The first-order valence-electron chi connectivity index (χ1n) is 6.37. The average molecular weight is 259 g/mol. The largest absolute Gasteiger partial charge is 0.496 e. The number of hydrogen-bond acceptors (Lipinski definition) is 3. The second kappa shape index (κ2) is 5.05. The number of aryl methyl sites for hydroxylation is 4. The fourth-order valence-electron chi connectivity index (χ4n) is 2.68. The average Bonchev–Trinajstić information content (AvgIpc) is 2.62. The summed E-state index contributed by atoms with van der Waals surface area (Å²) in [7, 11) is 3.63. The summed E-state index contributed by atoms with van der Waals surface area (Å²) in [6.45, 7) is 6.63. The normalized spacial score (nSPS) is 10.8. The minimum Gasteiger partial charge on any atom is -0.496 e. The van der Waals surface area contributed by atoms with Gasteiger partial charge in [0.2, 0.25) is 0 Å². The van der Waals surface area contributed by atoms with Crippen LogP contribution in [0.15, 0.2) is 12.1 Å². The zero-order valence-corrected chi connectivity index (χ0v) is 12.2. The molecule has 1 aromatic carbocycles. The van der Waals surface area contributed by atoms with Gasteiger partial charge in [0.15, 0.2) is 0 Å². The molecule has 0 saturated heterocycles. The van der Waals surface area contributed by atoms with Crippen molar-refractivity contribution < 1.29 is 4.74 Å². The minimum atomic E-state index is 0.461. The van der Waals surface area contributed by atoms with Gasteiger partial charge < -0.3 is 10.5 Å². The molecule has 0 bridgehead atoms. The standard InChI is InChI=1S/C15H21N3O/c1-9-6-10(2)14(13(7-9)19-5)15-11(3)17-18(4)12(15)8-16/h6-7H,8,16H2,1-5H3. The van der Waals surface area contributed by atoms with Crippen LogP contribution < -0.4 is 10.5 Å². The van der Waals surface area contributed by atoms with Gasteiger partial charge in [-0.25, -0.2) is 0 Å². The van der Waals surface area contributed by atoms with E-state index in [9.17, 15) is 0 Å². The molecule has 1 aromatic heterocycles. The number of nitrogens with two attached hydrogens (primary N) is 1. The van der Waals surface area contributed by atoms with Crippen LogP contribution in [0.25, 0.3) is 11.1 Å². The van der Waals surface area contributed by atoms with Crippen molar-refractivity contribution in [3.8, 4) is 16.9 Å². The van der Waals surface area contributed by atoms with Crippen LogP contribution in [0.5, 0.6) is 5.75 Å².